The number of nitro benzene ring substituents is 1. The van der Waals surface area contributed by atoms with Crippen LogP contribution in [0.25, 0.3) is 20.8 Å². The lowest BCUT2D eigenvalue weighted by molar-refractivity contribution is -0.383. The molecule has 5 nitrogen and oxygen atoms in total. The average Bonchev–Trinajstić information content (AvgIpc) is 2.81. The Morgan fingerprint density at radius 1 is 1.25 bits per heavy atom. The summed E-state index contributed by atoms with van der Waals surface area (Å²) in [6.07, 6.45) is 0. The van der Waals surface area contributed by atoms with Crippen LogP contribution in [0.2, 0.25) is 0 Å². The quantitative estimate of drug-likeness (QED) is 0.441. The third kappa shape index (κ3) is 2.10. The predicted molar refractivity (Wildman–Crippen MR) is 80.9 cm³/mol. The van der Waals surface area contributed by atoms with E-state index in [1.165, 1.54) is 17.4 Å². The number of rotatable bonds is 2. The fraction of sp³-hybridized carbons (Fsp3) is 0.0714. The van der Waals surface area contributed by atoms with Crippen molar-refractivity contribution < 1.29 is 4.92 Å². The molecule has 0 radical (unpaired) electrons. The number of anilines is 1. The first-order chi connectivity index (χ1) is 9.54. The minimum atomic E-state index is -0.476. The second kappa shape index (κ2) is 4.57. The number of nitrogen functional groups attached to an aromatic ring is 1. The van der Waals surface area contributed by atoms with Crippen molar-refractivity contribution >= 4 is 32.9 Å². The lowest BCUT2D eigenvalue weighted by Gasteiger charge is -1.99. The maximum absolute atomic E-state index is 10.9. The third-order valence-electron chi connectivity index (χ3n) is 3.02. The molecule has 0 saturated carbocycles. The van der Waals surface area contributed by atoms with Gasteiger partial charge in [-0.2, -0.15) is 0 Å². The van der Waals surface area contributed by atoms with Crippen LogP contribution in [0.4, 0.5) is 11.4 Å². The first-order valence-electron chi connectivity index (χ1n) is 5.96. The van der Waals surface area contributed by atoms with Crippen LogP contribution in [0.1, 0.15) is 5.56 Å². The van der Waals surface area contributed by atoms with Gasteiger partial charge in [-0.3, -0.25) is 10.1 Å². The van der Waals surface area contributed by atoms with Crippen LogP contribution < -0.4 is 5.73 Å². The molecule has 6 heteroatoms. The normalized spacial score (nSPS) is 10.8. The van der Waals surface area contributed by atoms with Gasteiger partial charge in [-0.05, 0) is 36.8 Å². The van der Waals surface area contributed by atoms with Gasteiger partial charge in [0.2, 0.25) is 0 Å². The van der Waals surface area contributed by atoms with Gasteiger partial charge in [-0.1, -0.05) is 6.07 Å². The number of nitro groups is 1. The molecule has 0 saturated heterocycles. The molecule has 2 N–H and O–H groups in total. The number of hydrogen-bond donors (Lipinski definition) is 1. The van der Waals surface area contributed by atoms with E-state index < -0.39 is 4.92 Å². The summed E-state index contributed by atoms with van der Waals surface area (Å²) in [5.41, 5.74) is 8.44. The number of aryl methyl sites for hydroxylation is 1. The molecule has 0 spiro atoms. The number of hydrogen-bond acceptors (Lipinski definition) is 5. The Balaban J connectivity index is 2.15. The molecule has 0 fully saturated rings. The van der Waals surface area contributed by atoms with Gasteiger partial charge in [0, 0.05) is 11.6 Å². The predicted octanol–water partition coefficient (Wildman–Crippen LogP) is 3.76. The van der Waals surface area contributed by atoms with Crippen molar-refractivity contribution in [2.75, 3.05) is 5.73 Å². The van der Waals surface area contributed by atoms with Gasteiger partial charge in [0.05, 0.1) is 15.1 Å². The maximum atomic E-state index is 10.9. The fourth-order valence-corrected chi connectivity index (χ4v) is 2.94. The summed E-state index contributed by atoms with van der Waals surface area (Å²) in [7, 11) is 0. The number of nitrogens with zero attached hydrogens (tertiary/aromatic N) is 2. The minimum absolute atomic E-state index is 0.0852. The monoisotopic (exact) mass is 285 g/mol. The van der Waals surface area contributed by atoms with Gasteiger partial charge in [0.1, 0.15) is 10.7 Å². The van der Waals surface area contributed by atoms with Crippen molar-refractivity contribution in [2.45, 2.75) is 6.92 Å². The van der Waals surface area contributed by atoms with Crippen LogP contribution in [-0.2, 0) is 0 Å². The molecule has 20 heavy (non-hydrogen) atoms. The maximum Gasteiger partial charge on any atom is 0.292 e. The van der Waals surface area contributed by atoms with Crippen molar-refractivity contribution in [1.29, 1.82) is 0 Å². The van der Waals surface area contributed by atoms with Crippen molar-refractivity contribution in [2.24, 2.45) is 0 Å². The second-order valence-electron chi connectivity index (χ2n) is 4.52. The summed E-state index contributed by atoms with van der Waals surface area (Å²) in [6, 6.07) is 10.8. The van der Waals surface area contributed by atoms with Crippen molar-refractivity contribution in [1.82, 2.24) is 4.98 Å². The number of thiazole rings is 1. The van der Waals surface area contributed by atoms with Crippen LogP contribution in [0.5, 0.6) is 0 Å². The number of fused-ring (bicyclic) bond motifs is 1. The molecule has 1 aromatic heterocycles. The zero-order chi connectivity index (χ0) is 14.3. The summed E-state index contributed by atoms with van der Waals surface area (Å²) in [5, 5.41) is 11.7. The largest absolute Gasteiger partial charge is 0.393 e. The smallest absolute Gasteiger partial charge is 0.292 e. The first-order valence-corrected chi connectivity index (χ1v) is 6.78. The molecule has 3 rings (SSSR count). The molecular formula is C14H11N3O2S. The molecule has 2 aromatic carbocycles. The van der Waals surface area contributed by atoms with E-state index in [-0.39, 0.29) is 11.4 Å². The molecule has 0 aliphatic rings. The standard InChI is InChI=1S/C14H11N3O2S/c1-8-2-5-13-11(6-8)16-14(20-13)9-3-4-10(15)12(7-9)17(18)19/h2-7H,15H2,1H3. The highest BCUT2D eigenvalue weighted by Crippen LogP contribution is 2.34. The van der Waals surface area contributed by atoms with Gasteiger partial charge in [0.15, 0.2) is 0 Å². The molecule has 0 atom stereocenters. The molecule has 0 unspecified atom stereocenters. The summed E-state index contributed by atoms with van der Waals surface area (Å²) in [4.78, 5) is 15.0. The van der Waals surface area contributed by atoms with Crippen molar-refractivity contribution in [3.63, 3.8) is 0 Å². The van der Waals surface area contributed by atoms with Crippen LogP contribution in [-0.4, -0.2) is 9.91 Å². The molecule has 3 aromatic rings. The number of benzene rings is 2. The van der Waals surface area contributed by atoms with Gasteiger partial charge >= 0.3 is 0 Å². The van der Waals surface area contributed by atoms with Crippen LogP contribution in [0, 0.1) is 17.0 Å². The lowest BCUT2D eigenvalue weighted by Crippen LogP contribution is -1.95. The van der Waals surface area contributed by atoms with E-state index in [0.717, 1.165) is 20.8 Å². The molecule has 0 aliphatic heterocycles. The highest BCUT2D eigenvalue weighted by atomic mass is 32.1. The highest BCUT2D eigenvalue weighted by molar-refractivity contribution is 7.21. The van der Waals surface area contributed by atoms with Gasteiger partial charge in [-0.15, -0.1) is 11.3 Å². The molecule has 1 heterocycles. The molecule has 0 aliphatic carbocycles. The van der Waals surface area contributed by atoms with Crippen molar-refractivity contribution in [3.8, 4) is 10.6 Å². The summed E-state index contributed by atoms with van der Waals surface area (Å²) >= 11 is 1.51. The van der Waals surface area contributed by atoms with Crippen LogP contribution >= 0.6 is 11.3 Å². The SMILES string of the molecule is Cc1ccc2sc(-c3ccc(N)c([N+](=O)[O-])c3)nc2c1. The number of aromatic nitrogens is 1. The zero-order valence-corrected chi connectivity index (χ0v) is 11.5. The van der Waals surface area contributed by atoms with E-state index in [4.69, 9.17) is 5.73 Å². The van der Waals surface area contributed by atoms with Crippen LogP contribution in [0.3, 0.4) is 0 Å². The van der Waals surface area contributed by atoms with Gasteiger partial charge in [-0.25, -0.2) is 4.98 Å². The topological polar surface area (TPSA) is 82.0 Å². The van der Waals surface area contributed by atoms with Crippen LogP contribution in [0.15, 0.2) is 36.4 Å². The van der Waals surface area contributed by atoms with E-state index >= 15 is 0 Å². The van der Waals surface area contributed by atoms with E-state index in [1.807, 2.05) is 25.1 Å². The van der Waals surface area contributed by atoms with Gasteiger partial charge in [0.25, 0.3) is 5.69 Å². The van der Waals surface area contributed by atoms with E-state index in [1.54, 1.807) is 12.1 Å². The van der Waals surface area contributed by atoms with Gasteiger partial charge < -0.3 is 5.73 Å². The highest BCUT2D eigenvalue weighted by Gasteiger charge is 2.14. The fourth-order valence-electron chi connectivity index (χ4n) is 2.00. The molecular weight excluding hydrogens is 274 g/mol. The third-order valence-corrected chi connectivity index (χ3v) is 4.10. The van der Waals surface area contributed by atoms with E-state index in [2.05, 4.69) is 4.98 Å². The average molecular weight is 285 g/mol. The Morgan fingerprint density at radius 3 is 2.80 bits per heavy atom. The Bertz CT molecular complexity index is 826. The molecule has 100 valence electrons. The van der Waals surface area contributed by atoms with Crippen molar-refractivity contribution in [3.05, 3.63) is 52.1 Å². The molecule has 0 bridgehead atoms. The Labute approximate surface area is 118 Å². The molecule has 0 amide bonds. The summed E-state index contributed by atoms with van der Waals surface area (Å²) in [5.74, 6) is 0. The second-order valence-corrected chi connectivity index (χ2v) is 5.55. The minimum Gasteiger partial charge on any atom is -0.393 e. The Hall–Kier alpha value is -2.47. The summed E-state index contributed by atoms with van der Waals surface area (Å²) < 4.78 is 1.06. The first kappa shape index (κ1) is 12.6. The summed E-state index contributed by atoms with van der Waals surface area (Å²) in [6.45, 7) is 2.01. The Kier molecular flexibility index (Phi) is 2.87. The Morgan fingerprint density at radius 2 is 2.05 bits per heavy atom. The van der Waals surface area contributed by atoms with E-state index in [9.17, 15) is 10.1 Å². The van der Waals surface area contributed by atoms with E-state index in [0.29, 0.717) is 5.56 Å². The lowest BCUT2D eigenvalue weighted by atomic mass is 10.2. The number of nitrogens with two attached hydrogens (primary N) is 1. The zero-order valence-electron chi connectivity index (χ0n) is 10.7.